The molecule has 0 fully saturated rings. The molecule has 0 saturated heterocycles. The van der Waals surface area contributed by atoms with E-state index in [1.165, 1.54) is 19.2 Å². The molecular formula is C18H17F2N3O2. The van der Waals surface area contributed by atoms with Gasteiger partial charge in [-0.3, -0.25) is 4.68 Å². The molecule has 0 amide bonds. The molecule has 5 nitrogen and oxygen atoms in total. The van der Waals surface area contributed by atoms with Crippen molar-refractivity contribution in [1.29, 1.82) is 0 Å². The lowest BCUT2D eigenvalue weighted by molar-refractivity contribution is -0.0498. The van der Waals surface area contributed by atoms with Crippen LogP contribution in [0.4, 0.5) is 8.78 Å². The molecule has 0 spiro atoms. The molecule has 25 heavy (non-hydrogen) atoms. The number of hydrogen-bond donors (Lipinski definition) is 0. The minimum atomic E-state index is -2.87. The number of pyridine rings is 1. The highest BCUT2D eigenvalue weighted by molar-refractivity contribution is 5.70. The first-order chi connectivity index (χ1) is 12.0. The van der Waals surface area contributed by atoms with Gasteiger partial charge >= 0.3 is 6.61 Å². The van der Waals surface area contributed by atoms with Gasteiger partial charge in [-0.15, -0.1) is 0 Å². The number of benzene rings is 1. The molecule has 3 aromatic rings. The van der Waals surface area contributed by atoms with Crippen molar-refractivity contribution in [2.75, 3.05) is 7.11 Å². The first-order valence-electron chi connectivity index (χ1n) is 7.62. The average Bonchev–Trinajstić information content (AvgIpc) is 2.99. The van der Waals surface area contributed by atoms with E-state index in [1.807, 2.05) is 19.2 Å². The first-order valence-corrected chi connectivity index (χ1v) is 7.62. The van der Waals surface area contributed by atoms with E-state index in [9.17, 15) is 8.78 Å². The average molecular weight is 345 g/mol. The van der Waals surface area contributed by atoms with Crippen LogP contribution in [0.5, 0.6) is 11.6 Å². The largest absolute Gasteiger partial charge is 0.481 e. The molecule has 2 aromatic heterocycles. The molecule has 0 aliphatic heterocycles. The lowest BCUT2D eigenvalue weighted by Gasteiger charge is -2.12. The van der Waals surface area contributed by atoms with E-state index in [-0.39, 0.29) is 5.75 Å². The van der Waals surface area contributed by atoms with Gasteiger partial charge in [-0.1, -0.05) is 12.1 Å². The van der Waals surface area contributed by atoms with Crippen LogP contribution in [0.15, 0.2) is 48.9 Å². The lowest BCUT2D eigenvalue weighted by atomic mass is 10.0. The molecule has 0 bridgehead atoms. The summed E-state index contributed by atoms with van der Waals surface area (Å²) in [6, 6.07) is 8.36. The Labute approximate surface area is 143 Å². The summed E-state index contributed by atoms with van der Waals surface area (Å²) in [6.07, 6.45) is 5.42. The number of hydrogen-bond acceptors (Lipinski definition) is 4. The van der Waals surface area contributed by atoms with E-state index >= 15 is 0 Å². The molecule has 0 saturated carbocycles. The van der Waals surface area contributed by atoms with Gasteiger partial charge in [-0.2, -0.15) is 13.9 Å². The van der Waals surface area contributed by atoms with Crippen molar-refractivity contribution in [2.24, 2.45) is 0 Å². The van der Waals surface area contributed by atoms with Crippen molar-refractivity contribution in [3.8, 4) is 22.8 Å². The highest BCUT2D eigenvalue weighted by Gasteiger charge is 2.12. The molecule has 0 aliphatic rings. The van der Waals surface area contributed by atoms with E-state index < -0.39 is 6.61 Å². The Morgan fingerprint density at radius 2 is 2.04 bits per heavy atom. The fraction of sp³-hybridized carbons (Fsp3) is 0.222. The molecule has 0 aliphatic carbocycles. The van der Waals surface area contributed by atoms with Crippen LogP contribution in [-0.4, -0.2) is 28.5 Å². The number of aryl methyl sites for hydroxylation is 1. The summed E-state index contributed by atoms with van der Waals surface area (Å²) in [5.41, 5.74) is 3.36. The van der Waals surface area contributed by atoms with Crippen molar-refractivity contribution in [3.05, 3.63) is 60.0 Å². The normalized spacial score (nSPS) is 10.9. The number of halogens is 2. The third-order valence-electron chi connectivity index (χ3n) is 3.58. The van der Waals surface area contributed by atoms with Gasteiger partial charge in [0.15, 0.2) is 0 Å². The molecule has 0 atom stereocenters. The summed E-state index contributed by atoms with van der Waals surface area (Å²) in [7, 11) is 1.52. The topological polar surface area (TPSA) is 49.2 Å². The predicted molar refractivity (Wildman–Crippen MR) is 88.9 cm³/mol. The highest BCUT2D eigenvalue weighted by atomic mass is 19.3. The van der Waals surface area contributed by atoms with Crippen molar-refractivity contribution >= 4 is 0 Å². The number of alkyl halides is 2. The van der Waals surface area contributed by atoms with E-state index in [0.717, 1.165) is 11.1 Å². The van der Waals surface area contributed by atoms with Crippen LogP contribution < -0.4 is 9.47 Å². The summed E-state index contributed by atoms with van der Waals surface area (Å²) in [4.78, 5) is 4.31. The third kappa shape index (κ3) is 4.12. The van der Waals surface area contributed by atoms with Gasteiger partial charge in [0.2, 0.25) is 5.88 Å². The van der Waals surface area contributed by atoms with Crippen LogP contribution in [0.2, 0.25) is 0 Å². The molecule has 0 radical (unpaired) electrons. The monoisotopic (exact) mass is 345 g/mol. The number of methoxy groups -OCH3 is 1. The predicted octanol–water partition coefficient (Wildman–Crippen LogP) is 3.91. The Balaban J connectivity index is 1.95. The Hall–Kier alpha value is -2.96. The van der Waals surface area contributed by atoms with Gasteiger partial charge in [0.25, 0.3) is 0 Å². The SMILES string of the molecule is COc1ncc(Cn2cc(C)cn2)cc1-c1cccc(OC(F)F)c1. The maximum Gasteiger partial charge on any atom is 0.387 e. The second-order valence-electron chi connectivity index (χ2n) is 5.52. The van der Waals surface area contributed by atoms with Crippen molar-refractivity contribution in [1.82, 2.24) is 14.8 Å². The Bertz CT molecular complexity index is 865. The molecular weight excluding hydrogens is 328 g/mol. The van der Waals surface area contributed by atoms with Gasteiger partial charge in [-0.05, 0) is 41.8 Å². The number of ether oxygens (including phenoxy) is 2. The Morgan fingerprint density at radius 3 is 2.72 bits per heavy atom. The van der Waals surface area contributed by atoms with E-state index in [0.29, 0.717) is 23.6 Å². The minimum absolute atomic E-state index is 0.0858. The van der Waals surface area contributed by atoms with Gasteiger partial charge in [0.1, 0.15) is 5.75 Å². The standard InChI is InChI=1S/C18H17F2N3O2/c1-12-8-22-23(10-12)11-13-6-16(17(24-2)21-9-13)14-4-3-5-15(7-14)25-18(19)20/h3-10,18H,11H2,1-2H3. The summed E-state index contributed by atoms with van der Waals surface area (Å²) in [5.74, 6) is 0.497. The van der Waals surface area contributed by atoms with Gasteiger partial charge in [-0.25, -0.2) is 4.98 Å². The summed E-state index contributed by atoms with van der Waals surface area (Å²) in [5, 5.41) is 4.26. The van der Waals surface area contributed by atoms with Crippen LogP contribution in [0, 0.1) is 6.92 Å². The number of aromatic nitrogens is 3. The van der Waals surface area contributed by atoms with E-state index in [2.05, 4.69) is 14.8 Å². The Morgan fingerprint density at radius 1 is 1.20 bits per heavy atom. The quantitative estimate of drug-likeness (QED) is 0.680. The van der Waals surface area contributed by atoms with Crippen molar-refractivity contribution < 1.29 is 18.3 Å². The molecule has 130 valence electrons. The first kappa shape index (κ1) is 16.9. The van der Waals surface area contributed by atoms with Crippen molar-refractivity contribution in [2.45, 2.75) is 20.1 Å². The zero-order chi connectivity index (χ0) is 17.8. The lowest BCUT2D eigenvalue weighted by Crippen LogP contribution is -2.03. The Kier molecular flexibility index (Phi) is 4.92. The number of rotatable bonds is 6. The van der Waals surface area contributed by atoms with Crippen molar-refractivity contribution in [3.63, 3.8) is 0 Å². The second-order valence-corrected chi connectivity index (χ2v) is 5.52. The van der Waals surface area contributed by atoms with E-state index in [4.69, 9.17) is 4.74 Å². The van der Waals surface area contributed by atoms with Crippen LogP contribution >= 0.6 is 0 Å². The zero-order valence-electron chi connectivity index (χ0n) is 13.8. The molecule has 2 heterocycles. The molecule has 1 aromatic carbocycles. The highest BCUT2D eigenvalue weighted by Crippen LogP contribution is 2.31. The van der Waals surface area contributed by atoms with Crippen LogP contribution in [-0.2, 0) is 6.54 Å². The van der Waals surface area contributed by atoms with Gasteiger partial charge < -0.3 is 9.47 Å². The third-order valence-corrected chi connectivity index (χ3v) is 3.58. The number of nitrogens with zero attached hydrogens (tertiary/aromatic N) is 3. The fourth-order valence-electron chi connectivity index (χ4n) is 2.53. The molecule has 3 rings (SSSR count). The maximum absolute atomic E-state index is 12.4. The smallest absolute Gasteiger partial charge is 0.387 e. The molecule has 0 unspecified atom stereocenters. The zero-order valence-corrected chi connectivity index (χ0v) is 13.8. The summed E-state index contributed by atoms with van der Waals surface area (Å²) in [6.45, 7) is -0.356. The fourth-order valence-corrected chi connectivity index (χ4v) is 2.53. The summed E-state index contributed by atoms with van der Waals surface area (Å²) >= 11 is 0. The van der Waals surface area contributed by atoms with Crippen LogP contribution in [0.25, 0.3) is 11.1 Å². The van der Waals surface area contributed by atoms with E-state index in [1.54, 1.807) is 29.2 Å². The van der Waals surface area contributed by atoms with Crippen LogP contribution in [0.1, 0.15) is 11.1 Å². The summed E-state index contributed by atoms with van der Waals surface area (Å²) < 4.78 is 36.5. The van der Waals surface area contributed by atoms with Gasteiger partial charge in [0, 0.05) is 18.0 Å². The minimum Gasteiger partial charge on any atom is -0.481 e. The second kappa shape index (κ2) is 7.29. The maximum atomic E-state index is 12.4. The molecule has 7 heteroatoms. The molecule has 0 N–H and O–H groups in total. The van der Waals surface area contributed by atoms with Crippen LogP contribution in [0.3, 0.4) is 0 Å². The van der Waals surface area contributed by atoms with Gasteiger partial charge in [0.05, 0.1) is 19.9 Å².